The highest BCUT2D eigenvalue weighted by atomic mass is 127. The van der Waals surface area contributed by atoms with Crippen LogP contribution in [0.1, 0.15) is 39.1 Å². The van der Waals surface area contributed by atoms with E-state index < -0.39 is 17.9 Å². The number of anilines is 3. The Kier molecular flexibility index (Phi) is 6.46. The number of fused-ring (bicyclic) bond motifs is 2. The number of imide groups is 1. The number of halogens is 1. The molecule has 0 saturated heterocycles. The number of aromatic nitrogens is 3. The van der Waals surface area contributed by atoms with Crippen molar-refractivity contribution in [2.75, 3.05) is 9.80 Å². The van der Waals surface area contributed by atoms with Crippen LogP contribution in [0.4, 0.5) is 22.1 Å². The second kappa shape index (κ2) is 9.33. The molecule has 11 heteroatoms. The molecule has 0 unspecified atom stereocenters. The molecule has 3 aromatic heterocycles. The molecule has 34 heavy (non-hydrogen) atoms. The van der Waals surface area contributed by atoms with Crippen molar-refractivity contribution in [3.8, 4) is 0 Å². The van der Waals surface area contributed by atoms with Gasteiger partial charge in [-0.3, -0.25) is 9.59 Å². The number of carbonyl (C=O) groups is 3. The summed E-state index contributed by atoms with van der Waals surface area (Å²) in [5.41, 5.74) is 6.95. The molecule has 4 heterocycles. The predicted molar refractivity (Wildman–Crippen MR) is 117 cm³/mol. The summed E-state index contributed by atoms with van der Waals surface area (Å²) in [7, 11) is 0. The van der Waals surface area contributed by atoms with E-state index in [1.54, 1.807) is 48.9 Å². The molecule has 0 aromatic carbocycles. The fourth-order valence-electron chi connectivity index (χ4n) is 3.86. The molecule has 0 bridgehead atoms. The van der Waals surface area contributed by atoms with E-state index in [9.17, 15) is 14.4 Å². The van der Waals surface area contributed by atoms with Crippen LogP contribution in [0.5, 0.6) is 0 Å². The zero-order valence-electron chi connectivity index (χ0n) is 18.2. The largest absolute Gasteiger partial charge is 1.00 e. The maximum Gasteiger partial charge on any atom is 0.426 e. The van der Waals surface area contributed by atoms with Gasteiger partial charge in [0.25, 0.3) is 18.5 Å². The third-order valence-corrected chi connectivity index (χ3v) is 5.58. The molecule has 1 aliphatic heterocycles. The fourth-order valence-corrected chi connectivity index (χ4v) is 3.86. The molecule has 1 fully saturated rings. The number of aryl methyl sites for hydroxylation is 1. The second-order valence-corrected chi connectivity index (χ2v) is 7.93. The number of nitrogens with zero attached hydrogens (tertiary/aromatic N) is 5. The van der Waals surface area contributed by atoms with Crippen LogP contribution in [-0.4, -0.2) is 33.9 Å². The van der Waals surface area contributed by atoms with Gasteiger partial charge in [0.1, 0.15) is 17.1 Å². The van der Waals surface area contributed by atoms with Crippen LogP contribution in [-0.2, 0) is 11.5 Å². The Morgan fingerprint density at radius 2 is 1.91 bits per heavy atom. The van der Waals surface area contributed by atoms with E-state index in [0.717, 1.165) is 17.7 Å². The van der Waals surface area contributed by atoms with Crippen molar-refractivity contribution >= 4 is 35.2 Å². The van der Waals surface area contributed by atoms with E-state index in [4.69, 9.17) is 10.5 Å². The van der Waals surface area contributed by atoms with Gasteiger partial charge in [0.2, 0.25) is 0 Å². The molecule has 10 nitrogen and oxygen atoms in total. The van der Waals surface area contributed by atoms with Crippen molar-refractivity contribution in [3.05, 3.63) is 71.8 Å². The highest BCUT2D eigenvalue weighted by molar-refractivity contribution is 6.24. The molecule has 174 valence electrons. The maximum absolute atomic E-state index is 13.6. The first-order chi connectivity index (χ1) is 16.0. The van der Waals surface area contributed by atoms with Crippen LogP contribution in [0.3, 0.4) is 0 Å². The van der Waals surface area contributed by atoms with Crippen molar-refractivity contribution in [1.29, 1.82) is 0 Å². The molecule has 1 saturated carbocycles. The fraction of sp³-hybridized carbons (Fsp3) is 0.217. The lowest BCUT2D eigenvalue weighted by Crippen LogP contribution is -3.00. The topological polar surface area (TPSA) is 123 Å². The first-order valence-corrected chi connectivity index (χ1v) is 10.5. The lowest BCUT2D eigenvalue weighted by atomic mass is 10.2. The molecule has 2 N–H and O–H groups in total. The van der Waals surface area contributed by atoms with E-state index in [-0.39, 0.29) is 42.3 Å². The third kappa shape index (κ3) is 4.18. The van der Waals surface area contributed by atoms with Gasteiger partial charge < -0.3 is 39.3 Å². The van der Waals surface area contributed by atoms with Gasteiger partial charge in [0, 0.05) is 24.5 Å². The molecule has 0 radical (unpaired) electrons. The second-order valence-electron chi connectivity index (χ2n) is 7.93. The number of pyridine rings is 3. The molecule has 2 aliphatic rings. The van der Waals surface area contributed by atoms with Crippen LogP contribution in [0.15, 0.2) is 55.1 Å². The van der Waals surface area contributed by atoms with Gasteiger partial charge in [-0.2, -0.15) is 4.57 Å². The molecule has 5 rings (SSSR count). The Morgan fingerprint density at radius 3 is 2.65 bits per heavy atom. The van der Waals surface area contributed by atoms with Crippen LogP contribution >= 0.6 is 0 Å². The van der Waals surface area contributed by atoms with Crippen molar-refractivity contribution in [3.63, 3.8) is 0 Å². The number of ether oxygens (including phenoxy) is 1. The van der Waals surface area contributed by atoms with Gasteiger partial charge in [-0.05, 0) is 49.6 Å². The summed E-state index contributed by atoms with van der Waals surface area (Å²) in [5.74, 6) is -0.176. The third-order valence-electron chi connectivity index (χ3n) is 5.58. The Morgan fingerprint density at radius 1 is 1.15 bits per heavy atom. The van der Waals surface area contributed by atoms with Crippen LogP contribution in [0, 0.1) is 6.92 Å². The average molecular weight is 572 g/mol. The standard InChI is InChI=1S/C23H20N6O4.HI/c1-14-8-10-26-21-18(14)29(23(32)33-13-27-11-3-4-15(12-27)19(24)30)22(31)17-5-2-9-25-20(17)28(21)16-6-7-16;/h2-5,8-12,16H,6-7,13H2,1H3,(H-,24,30);1H. The van der Waals surface area contributed by atoms with Crippen LogP contribution in [0.2, 0.25) is 0 Å². The smallest absolute Gasteiger partial charge is 0.426 e. The van der Waals surface area contributed by atoms with Crippen molar-refractivity contribution in [2.45, 2.75) is 32.5 Å². The summed E-state index contributed by atoms with van der Waals surface area (Å²) in [5, 5.41) is 0. The number of primary amides is 1. The summed E-state index contributed by atoms with van der Waals surface area (Å²) < 4.78 is 6.97. The van der Waals surface area contributed by atoms with E-state index in [1.165, 1.54) is 10.8 Å². The number of nitrogens with two attached hydrogens (primary N) is 1. The molecule has 0 atom stereocenters. The van der Waals surface area contributed by atoms with E-state index in [2.05, 4.69) is 9.97 Å². The quantitative estimate of drug-likeness (QED) is 0.322. The minimum absolute atomic E-state index is 0. The monoisotopic (exact) mass is 572 g/mol. The Hall–Kier alpha value is -3.61. The minimum Gasteiger partial charge on any atom is -1.00 e. The molecular formula is C23H21IN6O4. The zero-order valence-corrected chi connectivity index (χ0v) is 20.4. The van der Waals surface area contributed by atoms with E-state index in [0.29, 0.717) is 28.5 Å². The number of hydrogen-bond acceptors (Lipinski definition) is 7. The average Bonchev–Trinajstić information content (AvgIpc) is 3.65. The first kappa shape index (κ1) is 23.5. The van der Waals surface area contributed by atoms with Crippen molar-refractivity contribution in [2.24, 2.45) is 5.73 Å². The van der Waals surface area contributed by atoms with Gasteiger partial charge in [-0.1, -0.05) is 0 Å². The summed E-state index contributed by atoms with van der Waals surface area (Å²) in [6.45, 7) is 1.60. The Labute approximate surface area is 212 Å². The highest BCUT2D eigenvalue weighted by Gasteiger charge is 2.43. The maximum atomic E-state index is 13.6. The van der Waals surface area contributed by atoms with Crippen molar-refractivity contribution in [1.82, 2.24) is 9.97 Å². The van der Waals surface area contributed by atoms with Crippen LogP contribution < -0.4 is 44.1 Å². The molecule has 3 amide bonds. The Balaban J connectivity index is 0.00000274. The summed E-state index contributed by atoms with van der Waals surface area (Å²) in [6, 6.07) is 8.37. The SMILES string of the molecule is Cc1ccnc2c1N(C(=O)OC[n+]1cccc(C(N)=O)c1)C(=O)c1cccnc1N2C1CC1.[I-]. The summed E-state index contributed by atoms with van der Waals surface area (Å²) in [4.78, 5) is 50.2. The van der Waals surface area contributed by atoms with Gasteiger partial charge in [-0.25, -0.2) is 19.7 Å². The van der Waals surface area contributed by atoms with Gasteiger partial charge in [0.05, 0.1) is 5.56 Å². The van der Waals surface area contributed by atoms with Gasteiger partial charge >= 0.3 is 6.09 Å². The zero-order chi connectivity index (χ0) is 23.1. The predicted octanol–water partition coefficient (Wildman–Crippen LogP) is -0.770. The number of hydrogen-bond donors (Lipinski definition) is 1. The lowest BCUT2D eigenvalue weighted by Gasteiger charge is -2.25. The molecule has 0 spiro atoms. The van der Waals surface area contributed by atoms with Gasteiger partial charge in [-0.15, -0.1) is 0 Å². The number of amides is 3. The molecular weight excluding hydrogens is 551 g/mol. The van der Waals surface area contributed by atoms with Crippen LogP contribution in [0.25, 0.3) is 0 Å². The Bertz CT molecular complexity index is 1300. The van der Waals surface area contributed by atoms with E-state index in [1.807, 2.05) is 11.8 Å². The molecule has 1 aliphatic carbocycles. The number of rotatable bonds is 4. The lowest BCUT2D eigenvalue weighted by molar-refractivity contribution is -0.727. The highest BCUT2D eigenvalue weighted by Crippen LogP contribution is 2.45. The first-order valence-electron chi connectivity index (χ1n) is 10.5. The van der Waals surface area contributed by atoms with Gasteiger partial charge in [0.15, 0.2) is 18.2 Å². The molecule has 3 aromatic rings. The minimum atomic E-state index is -0.859. The number of carbonyl (C=O) groups excluding carboxylic acids is 3. The summed E-state index contributed by atoms with van der Waals surface area (Å²) >= 11 is 0. The van der Waals surface area contributed by atoms with E-state index >= 15 is 0 Å². The van der Waals surface area contributed by atoms with Crippen molar-refractivity contribution < 1.29 is 47.7 Å². The summed E-state index contributed by atoms with van der Waals surface area (Å²) in [6.07, 6.45) is 7.38. The normalized spacial score (nSPS) is 14.4.